The summed E-state index contributed by atoms with van der Waals surface area (Å²) in [6.07, 6.45) is 0.977. The molecule has 0 atom stereocenters. The number of hydrogen-bond donors (Lipinski definition) is 3. The Morgan fingerprint density at radius 2 is 1.84 bits per heavy atom. The molecule has 1 aliphatic rings. The Balaban J connectivity index is 1.35. The molecule has 1 fully saturated rings. The van der Waals surface area contributed by atoms with Gasteiger partial charge in [-0.1, -0.05) is 35.3 Å². The second kappa shape index (κ2) is 10.2. The van der Waals surface area contributed by atoms with Gasteiger partial charge in [-0.2, -0.15) is 4.98 Å². The van der Waals surface area contributed by atoms with Gasteiger partial charge < -0.3 is 20.5 Å². The molecule has 0 aliphatic carbocycles. The number of nitrogens with one attached hydrogen (secondary N) is 2. The van der Waals surface area contributed by atoms with Gasteiger partial charge >= 0.3 is 0 Å². The number of benzene rings is 2. The molecular formula is C21H24Cl2N6O2. The number of nitrogens with two attached hydrogens (primary N) is 1. The van der Waals surface area contributed by atoms with Crippen molar-refractivity contribution < 1.29 is 9.47 Å². The molecule has 4 rings (SSSR count). The van der Waals surface area contributed by atoms with Crippen LogP contribution in [0.2, 0.25) is 10.0 Å². The highest BCUT2D eigenvalue weighted by molar-refractivity contribution is 6.39. The van der Waals surface area contributed by atoms with E-state index in [0.29, 0.717) is 28.3 Å². The van der Waals surface area contributed by atoms with Gasteiger partial charge in [-0.05, 0) is 36.2 Å². The summed E-state index contributed by atoms with van der Waals surface area (Å²) >= 11 is 13.0. The summed E-state index contributed by atoms with van der Waals surface area (Å²) in [5, 5.41) is 10.5. The Morgan fingerprint density at radius 3 is 2.48 bits per heavy atom. The molecule has 3 aromatic rings. The SMILES string of the molecule is Nc1nc(Nc2cc(Cl)c(-c3ccc(OCCCN4CCOCC4)cc3)c(Cl)c2)n[nH]1. The number of rotatable bonds is 8. The van der Waals surface area contributed by atoms with Crippen LogP contribution in [0.3, 0.4) is 0 Å². The van der Waals surface area contributed by atoms with Crippen LogP contribution in [-0.4, -0.2) is 59.5 Å². The summed E-state index contributed by atoms with van der Waals surface area (Å²) in [4.78, 5) is 6.40. The second-order valence-corrected chi connectivity index (χ2v) is 7.98. The number of nitrogens with zero attached hydrogens (tertiary/aromatic N) is 3. The molecule has 0 spiro atoms. The third-order valence-corrected chi connectivity index (χ3v) is 5.53. The third-order valence-electron chi connectivity index (χ3n) is 4.94. The minimum absolute atomic E-state index is 0.222. The lowest BCUT2D eigenvalue weighted by molar-refractivity contribution is 0.0358. The maximum atomic E-state index is 6.51. The average molecular weight is 463 g/mol. The molecule has 10 heteroatoms. The van der Waals surface area contributed by atoms with E-state index in [-0.39, 0.29) is 5.95 Å². The van der Waals surface area contributed by atoms with Crippen molar-refractivity contribution in [2.45, 2.75) is 6.42 Å². The summed E-state index contributed by atoms with van der Waals surface area (Å²) in [5.41, 5.74) is 7.86. The van der Waals surface area contributed by atoms with Crippen LogP contribution < -0.4 is 15.8 Å². The zero-order chi connectivity index (χ0) is 21.6. The lowest BCUT2D eigenvalue weighted by Crippen LogP contribution is -2.37. The monoisotopic (exact) mass is 462 g/mol. The van der Waals surface area contributed by atoms with Gasteiger partial charge in [-0.25, -0.2) is 5.10 Å². The molecule has 31 heavy (non-hydrogen) atoms. The Bertz CT molecular complexity index is 982. The highest BCUT2D eigenvalue weighted by Crippen LogP contribution is 2.38. The van der Waals surface area contributed by atoms with Crippen molar-refractivity contribution in [2.75, 3.05) is 50.5 Å². The molecule has 0 bridgehead atoms. The van der Waals surface area contributed by atoms with E-state index >= 15 is 0 Å². The Hall–Kier alpha value is -2.52. The fourth-order valence-electron chi connectivity index (χ4n) is 3.40. The van der Waals surface area contributed by atoms with Gasteiger partial charge in [-0.3, -0.25) is 4.90 Å². The fourth-order valence-corrected chi connectivity index (χ4v) is 4.11. The number of H-pyrrole nitrogens is 1. The van der Waals surface area contributed by atoms with Crippen molar-refractivity contribution in [1.29, 1.82) is 0 Å². The smallest absolute Gasteiger partial charge is 0.248 e. The van der Waals surface area contributed by atoms with Crippen LogP contribution >= 0.6 is 23.2 Å². The van der Waals surface area contributed by atoms with Crippen LogP contribution in [0.5, 0.6) is 5.75 Å². The minimum atomic E-state index is 0.222. The Morgan fingerprint density at radius 1 is 1.13 bits per heavy atom. The predicted molar refractivity (Wildman–Crippen MR) is 123 cm³/mol. The van der Waals surface area contributed by atoms with Crippen LogP contribution in [0.15, 0.2) is 36.4 Å². The number of hydrogen-bond acceptors (Lipinski definition) is 7. The van der Waals surface area contributed by atoms with Crippen molar-refractivity contribution >= 4 is 40.8 Å². The molecule has 8 nitrogen and oxygen atoms in total. The molecule has 1 aliphatic heterocycles. The maximum Gasteiger partial charge on any atom is 0.248 e. The van der Waals surface area contributed by atoms with Crippen LogP contribution in [-0.2, 0) is 4.74 Å². The van der Waals surface area contributed by atoms with Crippen molar-refractivity contribution in [1.82, 2.24) is 20.1 Å². The zero-order valence-corrected chi connectivity index (χ0v) is 18.4. The van der Waals surface area contributed by atoms with E-state index in [1.165, 1.54) is 0 Å². The number of aromatic amines is 1. The van der Waals surface area contributed by atoms with Crippen LogP contribution in [0.4, 0.5) is 17.6 Å². The molecular weight excluding hydrogens is 439 g/mol. The zero-order valence-electron chi connectivity index (χ0n) is 16.9. The fraction of sp³-hybridized carbons (Fsp3) is 0.333. The topological polar surface area (TPSA) is 101 Å². The first-order valence-electron chi connectivity index (χ1n) is 10.1. The van der Waals surface area contributed by atoms with E-state index in [0.717, 1.165) is 56.1 Å². The molecule has 0 saturated carbocycles. The van der Waals surface area contributed by atoms with Gasteiger partial charge in [-0.15, -0.1) is 5.10 Å². The quantitative estimate of drug-likeness (QED) is 0.431. The molecule has 2 heterocycles. The lowest BCUT2D eigenvalue weighted by atomic mass is 10.0. The standard InChI is InChI=1S/C21H24Cl2N6O2/c22-17-12-15(25-21-26-20(24)27-28-21)13-18(23)19(17)14-2-4-16(5-3-14)31-9-1-6-29-7-10-30-11-8-29/h2-5,12-13H,1,6-11H2,(H4,24,25,26,27,28). The van der Waals surface area contributed by atoms with Gasteiger partial charge in [0.1, 0.15) is 5.75 Å². The second-order valence-electron chi connectivity index (χ2n) is 7.16. The van der Waals surface area contributed by atoms with Crippen LogP contribution in [0.1, 0.15) is 6.42 Å². The number of nitrogen functional groups attached to an aromatic ring is 1. The number of halogens is 2. The lowest BCUT2D eigenvalue weighted by Gasteiger charge is -2.26. The number of anilines is 3. The Kier molecular flexibility index (Phi) is 7.14. The first kappa shape index (κ1) is 21.7. The summed E-state index contributed by atoms with van der Waals surface area (Å²) in [6.45, 7) is 5.32. The number of morpholine rings is 1. The minimum Gasteiger partial charge on any atom is -0.494 e. The van der Waals surface area contributed by atoms with Crippen molar-refractivity contribution in [3.8, 4) is 16.9 Å². The highest BCUT2D eigenvalue weighted by atomic mass is 35.5. The van der Waals surface area contributed by atoms with Crippen molar-refractivity contribution in [2.24, 2.45) is 0 Å². The summed E-state index contributed by atoms with van der Waals surface area (Å²) < 4.78 is 11.2. The largest absolute Gasteiger partial charge is 0.494 e. The Labute approximate surface area is 190 Å². The molecule has 4 N–H and O–H groups in total. The normalized spacial score (nSPS) is 14.5. The average Bonchev–Trinajstić information content (AvgIpc) is 3.17. The van der Waals surface area contributed by atoms with Crippen LogP contribution in [0, 0.1) is 0 Å². The van der Waals surface area contributed by atoms with E-state index in [1.54, 1.807) is 12.1 Å². The number of aromatic nitrogens is 3. The summed E-state index contributed by atoms with van der Waals surface area (Å²) in [6, 6.07) is 11.3. The summed E-state index contributed by atoms with van der Waals surface area (Å²) in [7, 11) is 0. The van der Waals surface area contributed by atoms with E-state index in [1.807, 2.05) is 24.3 Å². The molecule has 0 radical (unpaired) electrons. The van der Waals surface area contributed by atoms with E-state index in [9.17, 15) is 0 Å². The van der Waals surface area contributed by atoms with Crippen molar-refractivity contribution in [3.63, 3.8) is 0 Å². The highest BCUT2D eigenvalue weighted by Gasteiger charge is 2.13. The first-order chi connectivity index (χ1) is 15.1. The molecule has 1 saturated heterocycles. The molecule has 0 unspecified atom stereocenters. The van der Waals surface area contributed by atoms with E-state index in [2.05, 4.69) is 25.4 Å². The van der Waals surface area contributed by atoms with Gasteiger partial charge in [0.15, 0.2) is 0 Å². The maximum absolute atomic E-state index is 6.51. The van der Waals surface area contributed by atoms with Crippen molar-refractivity contribution in [3.05, 3.63) is 46.4 Å². The first-order valence-corrected chi connectivity index (χ1v) is 10.8. The van der Waals surface area contributed by atoms with Gasteiger partial charge in [0.25, 0.3) is 0 Å². The van der Waals surface area contributed by atoms with E-state index < -0.39 is 0 Å². The summed E-state index contributed by atoms with van der Waals surface area (Å²) in [5.74, 6) is 1.38. The van der Waals surface area contributed by atoms with E-state index in [4.69, 9.17) is 38.4 Å². The van der Waals surface area contributed by atoms with Gasteiger partial charge in [0, 0.05) is 30.9 Å². The van der Waals surface area contributed by atoms with Crippen LogP contribution in [0.25, 0.3) is 11.1 Å². The molecule has 0 amide bonds. The van der Waals surface area contributed by atoms with Gasteiger partial charge in [0.05, 0.1) is 29.9 Å². The number of ether oxygens (including phenoxy) is 2. The predicted octanol–water partition coefficient (Wildman–Crippen LogP) is 4.21. The molecule has 1 aromatic heterocycles. The third kappa shape index (κ3) is 5.80. The molecule has 164 valence electrons. The van der Waals surface area contributed by atoms with Gasteiger partial charge in [0.2, 0.25) is 11.9 Å². The molecule has 2 aromatic carbocycles.